The molecule has 0 aliphatic heterocycles. The minimum absolute atomic E-state index is 0.0122. The number of nitrogens with zero attached hydrogens (tertiary/aromatic N) is 2. The van der Waals surface area contributed by atoms with E-state index in [9.17, 15) is 9.59 Å². The van der Waals surface area contributed by atoms with Gasteiger partial charge in [0.25, 0.3) is 5.91 Å². The summed E-state index contributed by atoms with van der Waals surface area (Å²) < 4.78 is 17.2. The number of hydrogen-bond acceptors (Lipinski definition) is 7. The zero-order chi connectivity index (χ0) is 28.3. The van der Waals surface area contributed by atoms with Crippen LogP contribution in [0.1, 0.15) is 81.6 Å². The van der Waals surface area contributed by atoms with E-state index in [1.54, 1.807) is 42.5 Å². The number of alkyl carbamates (subject to hydrolysis) is 1. The zero-order valence-electron chi connectivity index (χ0n) is 22.8. The van der Waals surface area contributed by atoms with Gasteiger partial charge in [0.05, 0.1) is 24.3 Å². The van der Waals surface area contributed by atoms with Crippen LogP contribution in [-0.4, -0.2) is 36.3 Å². The molecular formula is C30H36N4O5. The van der Waals surface area contributed by atoms with E-state index in [4.69, 9.17) is 24.7 Å². The van der Waals surface area contributed by atoms with Gasteiger partial charge in [-0.2, -0.15) is 10.5 Å². The van der Waals surface area contributed by atoms with Crippen molar-refractivity contribution in [1.29, 1.82) is 10.5 Å². The quantitative estimate of drug-likeness (QED) is 0.359. The van der Waals surface area contributed by atoms with Crippen LogP contribution >= 0.6 is 0 Å². The summed E-state index contributed by atoms with van der Waals surface area (Å²) in [5, 5.41) is 23.8. The normalized spacial score (nSPS) is 16.7. The maximum atomic E-state index is 13.2. The third kappa shape index (κ3) is 10.2. The molecular weight excluding hydrogens is 496 g/mol. The lowest BCUT2D eigenvalue weighted by Gasteiger charge is -2.30. The Kier molecular flexibility index (Phi) is 10.6. The molecule has 1 aliphatic rings. The number of carbonyl (C=O) groups excluding carboxylic acids is 2. The third-order valence-corrected chi connectivity index (χ3v) is 6.10. The molecule has 206 valence electrons. The van der Waals surface area contributed by atoms with Crippen LogP contribution in [0.15, 0.2) is 42.5 Å². The van der Waals surface area contributed by atoms with Crippen LogP contribution in [0.5, 0.6) is 17.2 Å². The molecule has 0 atom stereocenters. The molecule has 1 aliphatic carbocycles. The number of nitriles is 2. The topological polar surface area (TPSA) is 133 Å². The van der Waals surface area contributed by atoms with Gasteiger partial charge in [-0.15, -0.1) is 0 Å². The Labute approximate surface area is 230 Å². The molecule has 1 fully saturated rings. The largest absolute Gasteiger partial charge is 0.493 e. The fraction of sp³-hybridized carbons (Fsp3) is 0.467. The zero-order valence-corrected chi connectivity index (χ0v) is 22.8. The predicted octanol–water partition coefficient (Wildman–Crippen LogP) is 5.99. The molecule has 0 radical (unpaired) electrons. The van der Waals surface area contributed by atoms with Crippen molar-refractivity contribution < 1.29 is 23.8 Å². The number of rotatable bonds is 10. The van der Waals surface area contributed by atoms with E-state index in [1.807, 2.05) is 20.8 Å². The molecule has 9 heteroatoms. The van der Waals surface area contributed by atoms with Gasteiger partial charge in [-0.3, -0.25) is 4.79 Å². The number of unbranched alkanes of at least 4 members (excludes halogenated alkanes) is 2. The molecule has 2 N–H and O–H groups in total. The van der Waals surface area contributed by atoms with Gasteiger partial charge < -0.3 is 24.8 Å². The monoisotopic (exact) mass is 532 g/mol. The number of nitrogens with one attached hydrogen (secondary N) is 2. The van der Waals surface area contributed by atoms with Crippen molar-refractivity contribution in [1.82, 2.24) is 10.6 Å². The van der Waals surface area contributed by atoms with Gasteiger partial charge in [0, 0.05) is 30.1 Å². The summed E-state index contributed by atoms with van der Waals surface area (Å²) in [6.07, 6.45) is 4.44. The second kappa shape index (κ2) is 14.1. The van der Waals surface area contributed by atoms with E-state index < -0.39 is 11.7 Å². The van der Waals surface area contributed by atoms with Crippen LogP contribution in [0, 0.1) is 22.7 Å². The summed E-state index contributed by atoms with van der Waals surface area (Å²) in [5.74, 6) is 1.22. The van der Waals surface area contributed by atoms with E-state index in [-0.39, 0.29) is 18.0 Å². The molecule has 3 rings (SSSR count). The van der Waals surface area contributed by atoms with Gasteiger partial charge in [0.15, 0.2) is 0 Å². The smallest absolute Gasteiger partial charge is 0.407 e. The van der Waals surface area contributed by atoms with Gasteiger partial charge in [-0.25, -0.2) is 4.79 Å². The van der Waals surface area contributed by atoms with Crippen LogP contribution in [0.2, 0.25) is 0 Å². The van der Waals surface area contributed by atoms with Crippen molar-refractivity contribution in [3.05, 3.63) is 53.6 Å². The molecule has 0 unspecified atom stereocenters. The van der Waals surface area contributed by atoms with Crippen LogP contribution in [0.4, 0.5) is 4.79 Å². The molecule has 0 saturated heterocycles. The highest BCUT2D eigenvalue weighted by molar-refractivity contribution is 5.95. The average molecular weight is 533 g/mol. The molecule has 0 bridgehead atoms. The molecule has 0 heterocycles. The number of amides is 2. The Morgan fingerprint density at radius 2 is 1.54 bits per heavy atom. The van der Waals surface area contributed by atoms with E-state index >= 15 is 0 Å². The summed E-state index contributed by atoms with van der Waals surface area (Å²) in [7, 11) is 0. The average Bonchev–Trinajstić information content (AvgIpc) is 2.89. The Morgan fingerprint density at radius 1 is 0.897 bits per heavy atom. The van der Waals surface area contributed by atoms with Crippen LogP contribution in [0.3, 0.4) is 0 Å². The maximum Gasteiger partial charge on any atom is 0.407 e. The molecule has 2 aromatic carbocycles. The van der Waals surface area contributed by atoms with Crippen molar-refractivity contribution in [3.8, 4) is 29.4 Å². The van der Waals surface area contributed by atoms with Gasteiger partial charge in [-0.05, 0) is 95.7 Å². The molecule has 9 nitrogen and oxygen atoms in total. The predicted molar refractivity (Wildman–Crippen MR) is 146 cm³/mol. The van der Waals surface area contributed by atoms with E-state index in [1.165, 1.54) is 0 Å². The highest BCUT2D eigenvalue weighted by atomic mass is 16.6. The minimum Gasteiger partial charge on any atom is -0.493 e. The van der Waals surface area contributed by atoms with E-state index in [0.29, 0.717) is 41.4 Å². The standard InChI is InChI=1S/C30H36N4O5/c1-30(2,3)39-29(36)34-24-11-9-23(10-12-24)33-28(35)22-17-26(37-16-6-4-5-15-31)19-27(18-22)38-25-13-7-21(20-32)8-14-25/h7-8,13-14,17-19,23-24H,4-6,9-12,16H2,1-3H3,(H,33,35)(H,34,36). The highest BCUT2D eigenvalue weighted by Gasteiger charge is 2.26. The summed E-state index contributed by atoms with van der Waals surface area (Å²) in [6, 6.07) is 15.9. The Bertz CT molecular complexity index is 1200. The van der Waals surface area contributed by atoms with Gasteiger partial charge >= 0.3 is 6.09 Å². The molecule has 2 aromatic rings. The summed E-state index contributed by atoms with van der Waals surface area (Å²) in [5.41, 5.74) is 0.377. The van der Waals surface area contributed by atoms with Crippen LogP contribution in [-0.2, 0) is 4.74 Å². The van der Waals surface area contributed by atoms with Crippen molar-refractivity contribution in [2.45, 2.75) is 83.4 Å². The second-order valence-corrected chi connectivity index (χ2v) is 10.6. The first-order valence-corrected chi connectivity index (χ1v) is 13.3. The number of hydrogen-bond donors (Lipinski definition) is 2. The fourth-order valence-corrected chi connectivity index (χ4v) is 4.20. The minimum atomic E-state index is -0.549. The lowest BCUT2D eigenvalue weighted by atomic mass is 9.91. The molecule has 39 heavy (non-hydrogen) atoms. The number of benzene rings is 2. The first-order chi connectivity index (χ1) is 18.6. The van der Waals surface area contributed by atoms with Crippen LogP contribution in [0.25, 0.3) is 0 Å². The number of ether oxygens (including phenoxy) is 3. The summed E-state index contributed by atoms with van der Waals surface area (Å²) in [6.45, 7) is 5.90. The van der Waals surface area contributed by atoms with Crippen molar-refractivity contribution in [3.63, 3.8) is 0 Å². The maximum absolute atomic E-state index is 13.2. The van der Waals surface area contributed by atoms with Gasteiger partial charge in [-0.1, -0.05) is 0 Å². The fourth-order valence-electron chi connectivity index (χ4n) is 4.20. The Hall–Kier alpha value is -4.24. The molecule has 0 aromatic heterocycles. The second-order valence-electron chi connectivity index (χ2n) is 10.6. The first-order valence-electron chi connectivity index (χ1n) is 13.3. The molecule has 1 saturated carbocycles. The molecule has 2 amide bonds. The van der Waals surface area contributed by atoms with E-state index in [0.717, 1.165) is 38.5 Å². The lowest BCUT2D eigenvalue weighted by molar-refractivity contribution is 0.0488. The Balaban J connectivity index is 1.63. The highest BCUT2D eigenvalue weighted by Crippen LogP contribution is 2.29. The summed E-state index contributed by atoms with van der Waals surface area (Å²) in [4.78, 5) is 25.3. The van der Waals surface area contributed by atoms with Crippen LogP contribution < -0.4 is 20.1 Å². The first kappa shape index (κ1) is 29.3. The third-order valence-electron chi connectivity index (χ3n) is 6.10. The van der Waals surface area contributed by atoms with Gasteiger partial charge in [0.1, 0.15) is 22.8 Å². The number of carbonyl (C=O) groups is 2. The lowest BCUT2D eigenvalue weighted by Crippen LogP contribution is -2.45. The van der Waals surface area contributed by atoms with Crippen molar-refractivity contribution in [2.24, 2.45) is 0 Å². The van der Waals surface area contributed by atoms with Crippen molar-refractivity contribution >= 4 is 12.0 Å². The summed E-state index contributed by atoms with van der Waals surface area (Å²) >= 11 is 0. The van der Waals surface area contributed by atoms with Gasteiger partial charge in [0.2, 0.25) is 0 Å². The van der Waals surface area contributed by atoms with Crippen molar-refractivity contribution in [2.75, 3.05) is 6.61 Å². The Morgan fingerprint density at radius 3 is 2.15 bits per heavy atom. The SMILES string of the molecule is CC(C)(C)OC(=O)NC1CCC(NC(=O)c2cc(OCCCCC#N)cc(Oc3ccc(C#N)cc3)c2)CC1. The van der Waals surface area contributed by atoms with E-state index in [2.05, 4.69) is 22.8 Å². The molecule has 0 spiro atoms.